The van der Waals surface area contributed by atoms with Crippen LogP contribution >= 0.6 is 11.3 Å². The maximum absolute atomic E-state index is 13.9. The second-order valence-electron chi connectivity index (χ2n) is 10.1. The van der Waals surface area contributed by atoms with E-state index in [0.29, 0.717) is 50.0 Å². The minimum absolute atomic E-state index is 0.00218. The van der Waals surface area contributed by atoms with Crippen LogP contribution in [0.15, 0.2) is 57.5 Å². The van der Waals surface area contributed by atoms with E-state index in [-0.39, 0.29) is 29.4 Å². The van der Waals surface area contributed by atoms with Crippen molar-refractivity contribution in [3.63, 3.8) is 0 Å². The van der Waals surface area contributed by atoms with Gasteiger partial charge in [-0.05, 0) is 60.7 Å². The first-order valence-corrected chi connectivity index (χ1v) is 14.4. The number of nitrogens with zero attached hydrogens (tertiary/aromatic N) is 2. The predicted octanol–water partition coefficient (Wildman–Crippen LogP) is 4.34. The fraction of sp³-hybridized carbons (Fsp3) is 0.387. The zero-order valence-electron chi connectivity index (χ0n) is 24.2. The Bertz CT molecular complexity index is 1630. The summed E-state index contributed by atoms with van der Waals surface area (Å²) in [6.45, 7) is 8.55. The number of esters is 1. The number of allylic oxidation sites excluding steroid dienone is 1. The first-order chi connectivity index (χ1) is 19.7. The molecule has 3 aromatic rings. The number of thiazole rings is 1. The Labute approximate surface area is 243 Å². The number of aromatic nitrogens is 1. The van der Waals surface area contributed by atoms with Crippen molar-refractivity contribution in [3.05, 3.63) is 78.5 Å². The standard InChI is InChI=1S/C31H36N2O7S/c1-7-8-13-39-23-12-10-21(16-25(23)38-6)28-27(30(36)40-17-18(2)3)19(4)32-31-33(28)29(35)26(41-31)15-20-9-11-22(34)24(14-20)37-5/h9-12,14-16,18,28,34H,7-8,13,17H2,1-6H3. The normalized spacial score (nSPS) is 15.0. The van der Waals surface area contributed by atoms with Crippen LogP contribution in [0.5, 0.6) is 23.0 Å². The van der Waals surface area contributed by atoms with Gasteiger partial charge in [-0.15, -0.1) is 0 Å². The van der Waals surface area contributed by atoms with E-state index in [2.05, 4.69) is 11.9 Å². The number of carbonyl (C=O) groups excluding carboxylic acids is 1. The molecular weight excluding hydrogens is 544 g/mol. The van der Waals surface area contributed by atoms with Crippen LogP contribution in [-0.4, -0.2) is 43.1 Å². The van der Waals surface area contributed by atoms with Crippen molar-refractivity contribution in [2.24, 2.45) is 10.9 Å². The summed E-state index contributed by atoms with van der Waals surface area (Å²) in [4.78, 5) is 32.5. The molecule has 1 atom stereocenters. The number of unbranched alkanes of at least 4 members (excludes halogenated alkanes) is 1. The van der Waals surface area contributed by atoms with Crippen molar-refractivity contribution in [2.75, 3.05) is 27.4 Å². The molecule has 218 valence electrons. The number of phenolic OH excluding ortho intramolecular Hbond substituents is 1. The van der Waals surface area contributed by atoms with Crippen LogP contribution in [0.25, 0.3) is 6.08 Å². The minimum Gasteiger partial charge on any atom is -0.504 e. The Morgan fingerprint density at radius 3 is 2.56 bits per heavy atom. The molecule has 41 heavy (non-hydrogen) atoms. The molecule has 1 N–H and O–H groups in total. The topological polar surface area (TPSA) is 109 Å². The molecule has 1 aliphatic rings. The molecule has 4 rings (SSSR count). The van der Waals surface area contributed by atoms with Crippen LogP contribution in [0.1, 0.15) is 57.7 Å². The van der Waals surface area contributed by atoms with Gasteiger partial charge in [0.05, 0.1) is 49.3 Å². The maximum Gasteiger partial charge on any atom is 0.338 e. The quantitative estimate of drug-likeness (QED) is 0.266. The molecule has 1 aliphatic heterocycles. The molecule has 0 saturated heterocycles. The summed E-state index contributed by atoms with van der Waals surface area (Å²) < 4.78 is 24.3. The van der Waals surface area contributed by atoms with Crippen molar-refractivity contribution in [1.29, 1.82) is 0 Å². The van der Waals surface area contributed by atoms with Crippen molar-refractivity contribution in [1.82, 2.24) is 4.57 Å². The lowest BCUT2D eigenvalue weighted by Crippen LogP contribution is -2.40. The zero-order chi connectivity index (χ0) is 29.7. The lowest BCUT2D eigenvalue weighted by Gasteiger charge is -2.25. The predicted molar refractivity (Wildman–Crippen MR) is 158 cm³/mol. The molecule has 0 radical (unpaired) electrons. The molecule has 0 saturated carbocycles. The number of ether oxygens (including phenoxy) is 4. The first-order valence-electron chi connectivity index (χ1n) is 13.6. The second kappa shape index (κ2) is 13.1. The molecule has 0 fully saturated rings. The minimum atomic E-state index is -0.791. The van der Waals surface area contributed by atoms with E-state index in [4.69, 9.17) is 18.9 Å². The SMILES string of the molecule is CCCCOc1ccc(C2C(C(=O)OCC(C)C)=C(C)N=c3sc(=Cc4ccc(O)c(OC)c4)c(=O)n32)cc1OC. The highest BCUT2D eigenvalue weighted by Crippen LogP contribution is 2.36. The van der Waals surface area contributed by atoms with Gasteiger partial charge >= 0.3 is 5.97 Å². The van der Waals surface area contributed by atoms with E-state index in [1.54, 1.807) is 44.4 Å². The largest absolute Gasteiger partial charge is 0.504 e. The number of fused-ring (bicyclic) bond motifs is 1. The zero-order valence-corrected chi connectivity index (χ0v) is 25.0. The summed E-state index contributed by atoms with van der Waals surface area (Å²) in [6.07, 6.45) is 3.62. The molecule has 10 heteroatoms. The van der Waals surface area contributed by atoms with Gasteiger partial charge in [-0.3, -0.25) is 9.36 Å². The number of hydrogen-bond donors (Lipinski definition) is 1. The lowest BCUT2D eigenvalue weighted by atomic mass is 9.95. The maximum atomic E-state index is 13.9. The van der Waals surface area contributed by atoms with E-state index in [1.165, 1.54) is 29.1 Å². The van der Waals surface area contributed by atoms with Gasteiger partial charge in [-0.2, -0.15) is 0 Å². The fourth-order valence-corrected chi connectivity index (χ4v) is 5.50. The van der Waals surface area contributed by atoms with Crippen LogP contribution in [0, 0.1) is 5.92 Å². The Balaban J connectivity index is 1.88. The van der Waals surface area contributed by atoms with Gasteiger partial charge in [-0.1, -0.05) is 50.7 Å². The third-order valence-corrected chi connectivity index (χ3v) is 7.53. The summed E-state index contributed by atoms with van der Waals surface area (Å²) in [5, 5.41) is 9.97. The highest BCUT2D eigenvalue weighted by Gasteiger charge is 2.34. The lowest BCUT2D eigenvalue weighted by molar-refractivity contribution is -0.140. The summed E-state index contributed by atoms with van der Waals surface area (Å²) in [7, 11) is 3.02. The first kappa shape index (κ1) is 29.9. The highest BCUT2D eigenvalue weighted by molar-refractivity contribution is 7.07. The number of benzene rings is 2. The van der Waals surface area contributed by atoms with Crippen molar-refractivity contribution in [3.8, 4) is 23.0 Å². The molecule has 1 unspecified atom stereocenters. The molecule has 9 nitrogen and oxygen atoms in total. The average Bonchev–Trinajstić information content (AvgIpc) is 3.26. The van der Waals surface area contributed by atoms with Gasteiger partial charge in [0.25, 0.3) is 5.56 Å². The van der Waals surface area contributed by atoms with Crippen LogP contribution in [0.3, 0.4) is 0 Å². The number of aromatic hydroxyl groups is 1. The van der Waals surface area contributed by atoms with Gasteiger partial charge in [0, 0.05) is 0 Å². The monoisotopic (exact) mass is 580 g/mol. The van der Waals surface area contributed by atoms with Crippen LogP contribution < -0.4 is 29.1 Å². The van der Waals surface area contributed by atoms with E-state index in [1.807, 2.05) is 19.9 Å². The molecule has 0 amide bonds. The van der Waals surface area contributed by atoms with E-state index in [0.717, 1.165) is 12.8 Å². The van der Waals surface area contributed by atoms with Crippen molar-refractivity contribution in [2.45, 2.75) is 46.6 Å². The fourth-order valence-electron chi connectivity index (χ4n) is 4.45. The summed E-state index contributed by atoms with van der Waals surface area (Å²) >= 11 is 1.22. The molecule has 0 aliphatic carbocycles. The van der Waals surface area contributed by atoms with Crippen LogP contribution in [0.2, 0.25) is 0 Å². The number of carbonyl (C=O) groups is 1. The molecule has 0 spiro atoms. The summed E-state index contributed by atoms with van der Waals surface area (Å²) in [5.74, 6) is 1.00. The number of rotatable bonds is 11. The number of methoxy groups -OCH3 is 2. The number of phenols is 1. The highest BCUT2D eigenvalue weighted by atomic mass is 32.1. The Morgan fingerprint density at radius 1 is 1.12 bits per heavy atom. The molecular formula is C31H36N2O7S. The smallest absolute Gasteiger partial charge is 0.338 e. The molecule has 2 heterocycles. The second-order valence-corrected chi connectivity index (χ2v) is 11.1. The van der Waals surface area contributed by atoms with Crippen molar-refractivity contribution < 1.29 is 28.8 Å². The Morgan fingerprint density at radius 2 is 1.88 bits per heavy atom. The molecule has 0 bridgehead atoms. The van der Waals surface area contributed by atoms with Gasteiger partial charge in [0.2, 0.25) is 0 Å². The number of hydrogen-bond acceptors (Lipinski definition) is 9. The van der Waals surface area contributed by atoms with E-state index < -0.39 is 12.0 Å². The van der Waals surface area contributed by atoms with Crippen LogP contribution in [0.4, 0.5) is 0 Å². The summed E-state index contributed by atoms with van der Waals surface area (Å²) in [6, 6.07) is 9.49. The van der Waals surface area contributed by atoms with Crippen LogP contribution in [-0.2, 0) is 9.53 Å². The molecule has 2 aromatic carbocycles. The third-order valence-electron chi connectivity index (χ3n) is 6.55. The third kappa shape index (κ3) is 6.48. The molecule has 1 aromatic heterocycles. The van der Waals surface area contributed by atoms with Crippen molar-refractivity contribution >= 4 is 23.4 Å². The van der Waals surface area contributed by atoms with Gasteiger partial charge in [-0.25, -0.2) is 9.79 Å². The van der Waals surface area contributed by atoms with Gasteiger partial charge < -0.3 is 24.1 Å². The average molecular weight is 581 g/mol. The van der Waals surface area contributed by atoms with E-state index >= 15 is 0 Å². The van der Waals surface area contributed by atoms with E-state index in [9.17, 15) is 14.7 Å². The van der Waals surface area contributed by atoms with Gasteiger partial charge in [0.15, 0.2) is 27.8 Å². The Hall–Kier alpha value is -4.05. The Kier molecular flexibility index (Phi) is 9.54. The van der Waals surface area contributed by atoms with Gasteiger partial charge in [0.1, 0.15) is 0 Å². The summed E-state index contributed by atoms with van der Waals surface area (Å²) in [5.41, 5.74) is 1.79.